The van der Waals surface area contributed by atoms with Crippen molar-refractivity contribution in [1.82, 2.24) is 24.5 Å². The van der Waals surface area contributed by atoms with E-state index in [1.807, 2.05) is 4.31 Å². The molecule has 0 radical (unpaired) electrons. The minimum absolute atomic E-state index is 0.0305. The van der Waals surface area contributed by atoms with Crippen molar-refractivity contribution in [2.45, 2.75) is 69.7 Å². The normalized spacial score (nSPS) is 25.6. The van der Waals surface area contributed by atoms with Gasteiger partial charge in [-0.1, -0.05) is 6.42 Å². The molecule has 2 bridgehead atoms. The quantitative estimate of drug-likeness (QED) is 0.426. The maximum absolute atomic E-state index is 13.1. The number of nitrogens with zero attached hydrogens (tertiary/aromatic N) is 4. The van der Waals surface area contributed by atoms with Crippen molar-refractivity contribution in [3.8, 4) is 5.88 Å². The van der Waals surface area contributed by atoms with Crippen LogP contribution in [0, 0.1) is 5.92 Å². The molecule has 5 rings (SSSR count). The van der Waals surface area contributed by atoms with Crippen molar-refractivity contribution in [1.29, 1.82) is 0 Å². The number of aliphatic hydroxyl groups is 1. The number of ether oxygens (including phenoxy) is 1. The van der Waals surface area contributed by atoms with Crippen molar-refractivity contribution >= 4 is 27.6 Å². The van der Waals surface area contributed by atoms with Gasteiger partial charge in [0.05, 0.1) is 25.2 Å². The van der Waals surface area contributed by atoms with Gasteiger partial charge in [-0.05, 0) is 44.4 Å². The van der Waals surface area contributed by atoms with Gasteiger partial charge in [0, 0.05) is 30.3 Å². The molecule has 11 nitrogen and oxygen atoms in total. The van der Waals surface area contributed by atoms with E-state index in [0.717, 1.165) is 44.9 Å². The summed E-state index contributed by atoms with van der Waals surface area (Å²) in [5.74, 6) is 2.51. The molecule has 0 aromatic carbocycles. The Balaban J connectivity index is 1.30. The van der Waals surface area contributed by atoms with Gasteiger partial charge in [0.15, 0.2) is 5.82 Å². The Morgan fingerprint density at radius 3 is 2.55 bits per heavy atom. The third-order valence-electron chi connectivity index (χ3n) is 6.67. The summed E-state index contributed by atoms with van der Waals surface area (Å²) in [7, 11) is -1.67. The summed E-state index contributed by atoms with van der Waals surface area (Å²) in [5.41, 5.74) is 0.590. The van der Waals surface area contributed by atoms with Crippen LogP contribution in [0.15, 0.2) is 12.1 Å². The van der Waals surface area contributed by atoms with Gasteiger partial charge in [0.1, 0.15) is 5.82 Å². The zero-order chi connectivity index (χ0) is 23.0. The molecular weight excluding hydrogens is 446 g/mol. The monoisotopic (exact) mass is 477 g/mol. The first kappa shape index (κ1) is 22.4. The predicted molar refractivity (Wildman–Crippen MR) is 123 cm³/mol. The third-order valence-corrected chi connectivity index (χ3v) is 8.81. The van der Waals surface area contributed by atoms with Gasteiger partial charge in [-0.25, -0.2) is 8.42 Å². The molecule has 1 unspecified atom stereocenters. The molecule has 3 fully saturated rings. The number of piperidine rings is 2. The summed E-state index contributed by atoms with van der Waals surface area (Å²) in [4.78, 5) is 8.99. The minimum Gasteiger partial charge on any atom is -0.481 e. The first-order valence-corrected chi connectivity index (χ1v) is 13.2. The molecule has 1 aliphatic carbocycles. The molecule has 0 amide bonds. The molecule has 2 saturated heterocycles. The standard InChI is InChI=1S/C21H31N7O4S/c1-32-20-10-18(23-19-9-15(11-29)26-27-19)24-21(25-20)22-14-7-16-3-2-4-17(8-14)28(16)33(30,31)12-13-5-6-13/h9-10,13-14,16-17,29H,2-8,11-12H2,1H3,(H3,22,23,24,25,26,27)/t14?,16-,17+. The van der Waals surface area contributed by atoms with Gasteiger partial charge in [0.25, 0.3) is 0 Å². The number of H-pyrrole nitrogens is 1. The summed E-state index contributed by atoms with van der Waals surface area (Å²) in [5, 5.41) is 22.6. The van der Waals surface area contributed by atoms with Crippen LogP contribution in [0.1, 0.15) is 50.6 Å². The largest absolute Gasteiger partial charge is 0.481 e. The van der Waals surface area contributed by atoms with E-state index in [1.165, 1.54) is 0 Å². The minimum atomic E-state index is -3.21. The maximum atomic E-state index is 13.1. The second-order valence-electron chi connectivity index (χ2n) is 9.28. The molecule has 4 N–H and O–H groups in total. The number of fused-ring (bicyclic) bond motifs is 2. The van der Waals surface area contributed by atoms with Crippen molar-refractivity contribution in [2.75, 3.05) is 23.5 Å². The molecule has 3 aliphatic rings. The number of sulfonamides is 1. The number of methoxy groups -OCH3 is 1. The molecule has 12 heteroatoms. The lowest BCUT2D eigenvalue weighted by atomic mass is 9.84. The number of hydrogen-bond acceptors (Lipinski definition) is 9. The Hall–Kier alpha value is -2.44. The molecule has 2 aromatic heterocycles. The fourth-order valence-corrected chi connectivity index (χ4v) is 7.45. The van der Waals surface area contributed by atoms with E-state index in [-0.39, 0.29) is 24.7 Å². The van der Waals surface area contributed by atoms with Gasteiger partial charge in [-0.2, -0.15) is 19.4 Å². The molecule has 180 valence electrons. The molecule has 4 heterocycles. The van der Waals surface area contributed by atoms with Crippen LogP contribution >= 0.6 is 0 Å². The van der Waals surface area contributed by atoms with E-state index in [1.54, 1.807) is 19.2 Å². The van der Waals surface area contributed by atoms with Gasteiger partial charge in [-0.15, -0.1) is 0 Å². The first-order chi connectivity index (χ1) is 15.9. The Labute approximate surface area is 193 Å². The molecule has 3 atom stereocenters. The average molecular weight is 478 g/mol. The van der Waals surface area contributed by atoms with E-state index >= 15 is 0 Å². The van der Waals surface area contributed by atoms with Crippen LogP contribution in [-0.4, -0.2) is 69.0 Å². The van der Waals surface area contributed by atoms with Crippen molar-refractivity contribution in [3.05, 3.63) is 17.8 Å². The fourth-order valence-electron chi connectivity index (χ4n) is 5.06. The van der Waals surface area contributed by atoms with E-state index in [4.69, 9.17) is 4.74 Å². The Morgan fingerprint density at radius 1 is 1.15 bits per heavy atom. The highest BCUT2D eigenvalue weighted by molar-refractivity contribution is 7.89. The van der Waals surface area contributed by atoms with Crippen LogP contribution in [0.4, 0.5) is 17.6 Å². The summed E-state index contributed by atoms with van der Waals surface area (Å²) in [6.07, 6.45) is 6.42. The molecule has 2 aliphatic heterocycles. The lowest BCUT2D eigenvalue weighted by molar-refractivity contribution is 0.115. The average Bonchev–Trinajstić information content (AvgIpc) is 3.46. The second kappa shape index (κ2) is 9.07. The summed E-state index contributed by atoms with van der Waals surface area (Å²) in [6.45, 7) is -0.133. The van der Waals surface area contributed by atoms with Crippen molar-refractivity contribution in [2.24, 2.45) is 5.92 Å². The molecule has 2 aromatic rings. The number of aromatic amines is 1. The number of rotatable bonds is 9. The van der Waals surface area contributed by atoms with Crippen molar-refractivity contribution < 1.29 is 18.3 Å². The van der Waals surface area contributed by atoms with E-state index in [0.29, 0.717) is 40.8 Å². The molecular formula is C21H31N7O4S. The van der Waals surface area contributed by atoms with Crippen LogP contribution in [0.5, 0.6) is 5.88 Å². The predicted octanol–water partition coefficient (Wildman–Crippen LogP) is 1.98. The summed E-state index contributed by atoms with van der Waals surface area (Å²) in [6, 6.07) is 3.51. The lowest BCUT2D eigenvalue weighted by Crippen LogP contribution is -2.57. The summed E-state index contributed by atoms with van der Waals surface area (Å²) < 4.78 is 33.3. The summed E-state index contributed by atoms with van der Waals surface area (Å²) >= 11 is 0. The highest BCUT2D eigenvalue weighted by Crippen LogP contribution is 2.40. The number of hydrogen-bond donors (Lipinski definition) is 4. The van der Waals surface area contributed by atoms with Gasteiger partial charge in [-0.3, -0.25) is 5.10 Å². The molecule has 0 spiro atoms. The van der Waals surface area contributed by atoms with E-state index in [9.17, 15) is 13.5 Å². The zero-order valence-electron chi connectivity index (χ0n) is 18.7. The van der Waals surface area contributed by atoms with Crippen LogP contribution in [0.2, 0.25) is 0 Å². The van der Waals surface area contributed by atoms with Crippen LogP contribution in [0.3, 0.4) is 0 Å². The zero-order valence-corrected chi connectivity index (χ0v) is 19.5. The van der Waals surface area contributed by atoms with Gasteiger partial charge >= 0.3 is 0 Å². The Bertz CT molecular complexity index is 1070. The fraction of sp³-hybridized carbons (Fsp3) is 0.667. The topological polar surface area (TPSA) is 145 Å². The number of aromatic nitrogens is 4. The van der Waals surface area contributed by atoms with Crippen LogP contribution in [0.25, 0.3) is 0 Å². The number of aliphatic hydroxyl groups excluding tert-OH is 1. The number of anilines is 3. The van der Waals surface area contributed by atoms with Gasteiger partial charge in [0.2, 0.25) is 21.9 Å². The Kier molecular flexibility index (Phi) is 6.14. The Morgan fingerprint density at radius 2 is 1.91 bits per heavy atom. The third kappa shape index (κ3) is 5.07. The molecule has 1 saturated carbocycles. The second-order valence-corrected chi connectivity index (χ2v) is 11.2. The smallest absolute Gasteiger partial charge is 0.228 e. The van der Waals surface area contributed by atoms with Crippen LogP contribution in [-0.2, 0) is 16.6 Å². The van der Waals surface area contributed by atoms with E-state index in [2.05, 4.69) is 30.8 Å². The highest BCUT2D eigenvalue weighted by atomic mass is 32.2. The SMILES string of the molecule is COc1cc(Nc2cc(CO)[nH]n2)nc(NC2C[C@H]3CCC[C@@H](C2)N3S(=O)(=O)CC2CC2)n1. The lowest BCUT2D eigenvalue weighted by Gasteiger charge is -2.47. The molecule has 33 heavy (non-hydrogen) atoms. The first-order valence-electron chi connectivity index (χ1n) is 11.6. The highest BCUT2D eigenvalue weighted by Gasteiger charge is 2.45. The van der Waals surface area contributed by atoms with Crippen molar-refractivity contribution in [3.63, 3.8) is 0 Å². The maximum Gasteiger partial charge on any atom is 0.228 e. The van der Waals surface area contributed by atoms with Crippen LogP contribution < -0.4 is 15.4 Å². The van der Waals surface area contributed by atoms with E-state index < -0.39 is 10.0 Å². The number of nitrogens with one attached hydrogen (secondary N) is 3. The van der Waals surface area contributed by atoms with Gasteiger partial charge < -0.3 is 20.5 Å².